The lowest BCUT2D eigenvalue weighted by Gasteiger charge is -2.28. The minimum Gasteiger partial charge on any atom is -0.368 e. The Hall–Kier alpha value is -2.63. The van der Waals surface area contributed by atoms with Gasteiger partial charge in [-0.3, -0.25) is 4.79 Å². The summed E-state index contributed by atoms with van der Waals surface area (Å²) in [5, 5.41) is 1.02. The first-order valence-corrected chi connectivity index (χ1v) is 9.22. The highest BCUT2D eigenvalue weighted by atomic mass is 35.5. The van der Waals surface area contributed by atoms with Crippen molar-refractivity contribution in [3.8, 4) is 11.1 Å². The number of carbonyl (C=O) groups excluding carboxylic acids is 1. The van der Waals surface area contributed by atoms with Crippen molar-refractivity contribution in [3.05, 3.63) is 75.5 Å². The highest BCUT2D eigenvalue weighted by Crippen LogP contribution is 2.29. The molecule has 0 saturated carbocycles. The Kier molecular flexibility index (Phi) is 4.72. The smallest absolute Gasteiger partial charge is 0.254 e. The SMILES string of the molecule is Nc1ncc2c(n1)CN(C(=O)c1ccc(-c3ccc(Cl)c(Cl)c3)cc1)CC2. The quantitative estimate of drug-likeness (QED) is 0.700. The Balaban J connectivity index is 1.53. The van der Waals surface area contributed by atoms with Crippen LogP contribution >= 0.6 is 23.2 Å². The Morgan fingerprint density at radius 3 is 2.52 bits per heavy atom. The Morgan fingerprint density at radius 2 is 1.78 bits per heavy atom. The summed E-state index contributed by atoms with van der Waals surface area (Å²) < 4.78 is 0. The first-order valence-electron chi connectivity index (χ1n) is 8.46. The van der Waals surface area contributed by atoms with E-state index in [4.69, 9.17) is 28.9 Å². The van der Waals surface area contributed by atoms with E-state index in [1.54, 1.807) is 17.2 Å². The van der Waals surface area contributed by atoms with Gasteiger partial charge in [0.1, 0.15) is 0 Å². The van der Waals surface area contributed by atoms with E-state index in [-0.39, 0.29) is 11.9 Å². The normalized spacial score (nSPS) is 13.3. The maximum Gasteiger partial charge on any atom is 0.254 e. The molecular formula is C20H16Cl2N4O. The van der Waals surface area contributed by atoms with Gasteiger partial charge >= 0.3 is 0 Å². The van der Waals surface area contributed by atoms with Crippen molar-refractivity contribution in [1.82, 2.24) is 14.9 Å². The van der Waals surface area contributed by atoms with Crippen LogP contribution in [0.4, 0.5) is 5.95 Å². The number of nitrogens with two attached hydrogens (primary N) is 1. The van der Waals surface area contributed by atoms with Crippen LogP contribution in [0.25, 0.3) is 11.1 Å². The van der Waals surface area contributed by atoms with Crippen molar-refractivity contribution in [2.45, 2.75) is 13.0 Å². The van der Waals surface area contributed by atoms with E-state index in [0.717, 1.165) is 28.8 Å². The van der Waals surface area contributed by atoms with Crippen LogP contribution in [0.2, 0.25) is 10.0 Å². The monoisotopic (exact) mass is 398 g/mol. The van der Waals surface area contributed by atoms with E-state index in [1.807, 2.05) is 36.4 Å². The second kappa shape index (κ2) is 7.18. The fourth-order valence-corrected chi connectivity index (χ4v) is 3.45. The summed E-state index contributed by atoms with van der Waals surface area (Å²) in [6.07, 6.45) is 2.47. The van der Waals surface area contributed by atoms with Crippen molar-refractivity contribution in [1.29, 1.82) is 0 Å². The number of benzene rings is 2. The zero-order valence-electron chi connectivity index (χ0n) is 14.3. The number of anilines is 1. The molecule has 0 radical (unpaired) electrons. The van der Waals surface area contributed by atoms with Crippen LogP contribution in [0.5, 0.6) is 0 Å². The molecule has 136 valence electrons. The van der Waals surface area contributed by atoms with Crippen molar-refractivity contribution in [2.24, 2.45) is 0 Å². The maximum atomic E-state index is 12.9. The standard InChI is InChI=1S/C20H16Cl2N4O/c21-16-6-5-14(9-17(16)22)12-1-3-13(4-2-12)19(27)26-8-7-15-10-24-20(23)25-18(15)11-26/h1-6,9-10H,7-8,11H2,(H2,23,24,25). The van der Waals surface area contributed by atoms with E-state index in [1.165, 1.54) is 0 Å². The number of carbonyl (C=O) groups is 1. The number of rotatable bonds is 2. The summed E-state index contributed by atoms with van der Waals surface area (Å²) in [6, 6.07) is 12.9. The van der Waals surface area contributed by atoms with Gasteiger partial charge in [0.25, 0.3) is 5.91 Å². The summed E-state index contributed by atoms with van der Waals surface area (Å²) in [4.78, 5) is 22.9. The van der Waals surface area contributed by atoms with Crippen molar-refractivity contribution < 1.29 is 4.79 Å². The number of fused-ring (bicyclic) bond motifs is 1. The zero-order valence-corrected chi connectivity index (χ0v) is 15.8. The molecule has 0 saturated heterocycles. The summed E-state index contributed by atoms with van der Waals surface area (Å²) in [5.74, 6) is 0.201. The molecule has 0 spiro atoms. The molecule has 1 aliphatic heterocycles. The van der Waals surface area contributed by atoms with E-state index in [2.05, 4.69) is 9.97 Å². The number of nitrogen functional groups attached to an aromatic ring is 1. The summed E-state index contributed by atoms with van der Waals surface area (Å²) in [7, 11) is 0. The number of amides is 1. The van der Waals surface area contributed by atoms with Gasteiger partial charge in [0.05, 0.1) is 22.3 Å². The molecule has 1 aromatic heterocycles. The zero-order chi connectivity index (χ0) is 19.0. The van der Waals surface area contributed by atoms with Gasteiger partial charge < -0.3 is 10.6 Å². The largest absolute Gasteiger partial charge is 0.368 e. The van der Waals surface area contributed by atoms with Gasteiger partial charge in [0.15, 0.2) is 0 Å². The average Bonchev–Trinajstić information content (AvgIpc) is 2.69. The number of hydrogen-bond acceptors (Lipinski definition) is 4. The molecule has 2 aromatic carbocycles. The third-order valence-electron chi connectivity index (χ3n) is 4.64. The van der Waals surface area contributed by atoms with Gasteiger partial charge in [-0.2, -0.15) is 0 Å². The second-order valence-electron chi connectivity index (χ2n) is 6.38. The van der Waals surface area contributed by atoms with Crippen LogP contribution in [-0.2, 0) is 13.0 Å². The van der Waals surface area contributed by atoms with Gasteiger partial charge in [-0.05, 0) is 47.4 Å². The van der Waals surface area contributed by atoms with Crippen LogP contribution < -0.4 is 5.73 Å². The highest BCUT2D eigenvalue weighted by Gasteiger charge is 2.23. The van der Waals surface area contributed by atoms with Gasteiger partial charge in [0.2, 0.25) is 5.95 Å². The number of nitrogens with zero attached hydrogens (tertiary/aromatic N) is 3. The number of aromatic nitrogens is 2. The molecule has 1 aliphatic rings. The molecule has 3 aromatic rings. The average molecular weight is 399 g/mol. The molecule has 0 fully saturated rings. The Morgan fingerprint density at radius 1 is 1.04 bits per heavy atom. The molecule has 4 rings (SSSR count). The summed E-state index contributed by atoms with van der Waals surface area (Å²) in [5.41, 5.74) is 10.1. The molecule has 1 amide bonds. The van der Waals surface area contributed by atoms with Crippen molar-refractivity contribution >= 4 is 35.1 Å². The maximum absolute atomic E-state index is 12.9. The van der Waals surface area contributed by atoms with E-state index < -0.39 is 0 Å². The lowest BCUT2D eigenvalue weighted by Crippen LogP contribution is -2.36. The van der Waals surface area contributed by atoms with Gasteiger partial charge in [0, 0.05) is 18.3 Å². The van der Waals surface area contributed by atoms with Crippen molar-refractivity contribution in [2.75, 3.05) is 12.3 Å². The summed E-state index contributed by atoms with van der Waals surface area (Å²) in [6.45, 7) is 1.07. The van der Waals surface area contributed by atoms with E-state index in [0.29, 0.717) is 28.7 Å². The minimum absolute atomic E-state index is 0.0291. The minimum atomic E-state index is -0.0291. The third kappa shape index (κ3) is 3.61. The molecule has 2 heterocycles. The molecule has 2 N–H and O–H groups in total. The number of hydrogen-bond donors (Lipinski definition) is 1. The Labute approximate surface area is 166 Å². The van der Waals surface area contributed by atoms with Crippen LogP contribution in [0.15, 0.2) is 48.7 Å². The first-order chi connectivity index (χ1) is 13.0. The van der Waals surface area contributed by atoms with Crippen LogP contribution in [0, 0.1) is 0 Å². The fourth-order valence-electron chi connectivity index (χ4n) is 3.16. The van der Waals surface area contributed by atoms with Gasteiger partial charge in [-0.15, -0.1) is 0 Å². The lowest BCUT2D eigenvalue weighted by atomic mass is 10.0. The van der Waals surface area contributed by atoms with Crippen molar-refractivity contribution in [3.63, 3.8) is 0 Å². The second-order valence-corrected chi connectivity index (χ2v) is 7.20. The van der Waals surface area contributed by atoms with Gasteiger partial charge in [-0.25, -0.2) is 9.97 Å². The third-order valence-corrected chi connectivity index (χ3v) is 5.38. The predicted molar refractivity (Wildman–Crippen MR) is 107 cm³/mol. The first kappa shape index (κ1) is 17.8. The van der Waals surface area contributed by atoms with Crippen LogP contribution in [0.3, 0.4) is 0 Å². The van der Waals surface area contributed by atoms with Crippen LogP contribution in [-0.4, -0.2) is 27.3 Å². The molecule has 0 atom stereocenters. The number of halogens is 2. The Bertz CT molecular complexity index is 1020. The highest BCUT2D eigenvalue weighted by molar-refractivity contribution is 6.42. The van der Waals surface area contributed by atoms with E-state index >= 15 is 0 Å². The van der Waals surface area contributed by atoms with Gasteiger partial charge in [-0.1, -0.05) is 41.4 Å². The molecule has 27 heavy (non-hydrogen) atoms. The molecule has 7 heteroatoms. The topological polar surface area (TPSA) is 72.1 Å². The predicted octanol–water partition coefficient (Wildman–Crippen LogP) is 4.23. The fraction of sp³-hybridized carbons (Fsp3) is 0.150. The molecular weight excluding hydrogens is 383 g/mol. The summed E-state index contributed by atoms with van der Waals surface area (Å²) >= 11 is 12.1. The van der Waals surface area contributed by atoms with E-state index in [9.17, 15) is 4.79 Å². The van der Waals surface area contributed by atoms with Crippen LogP contribution in [0.1, 0.15) is 21.6 Å². The molecule has 0 aliphatic carbocycles. The molecule has 5 nitrogen and oxygen atoms in total. The molecule has 0 unspecified atom stereocenters. The molecule has 0 bridgehead atoms. The lowest BCUT2D eigenvalue weighted by molar-refractivity contribution is 0.0732.